The van der Waals surface area contributed by atoms with E-state index in [1.54, 1.807) is 4.68 Å². The average Bonchev–Trinajstić information content (AvgIpc) is 3.37. The summed E-state index contributed by atoms with van der Waals surface area (Å²) in [6.45, 7) is 11.2. The number of aliphatic carboxylic acids is 1. The zero-order valence-corrected chi connectivity index (χ0v) is 21.5. The summed E-state index contributed by atoms with van der Waals surface area (Å²) in [5.74, 6) is 3.15. The highest BCUT2D eigenvalue weighted by molar-refractivity contribution is 5.79. The summed E-state index contributed by atoms with van der Waals surface area (Å²) in [4.78, 5) is 23.7. The Morgan fingerprint density at radius 2 is 1.97 bits per heavy atom. The number of carboxylic acids is 1. The lowest BCUT2D eigenvalue weighted by atomic mass is 9.76. The van der Waals surface area contributed by atoms with Crippen LogP contribution in [0.25, 0.3) is 0 Å². The van der Waals surface area contributed by atoms with Crippen molar-refractivity contribution in [2.24, 2.45) is 5.41 Å². The first-order chi connectivity index (χ1) is 16.5. The number of ether oxygens (including phenoxy) is 1. The number of fused-ring (bicyclic) bond motifs is 1. The Hall–Kier alpha value is -3.11. The van der Waals surface area contributed by atoms with Gasteiger partial charge in [-0.25, -0.2) is 4.68 Å². The van der Waals surface area contributed by atoms with Gasteiger partial charge in [-0.05, 0) is 83.5 Å². The van der Waals surface area contributed by atoms with Crippen molar-refractivity contribution in [3.63, 3.8) is 0 Å². The SMILES string of the molecule is C#CC(C)(C)C1CCc2c1c(C)nn2C(=O)CCc1cc(C)c(OCCCNCC(=O)O)c(C)c1. The summed E-state index contributed by atoms with van der Waals surface area (Å²) in [6.07, 6.45) is 9.30. The molecule has 2 aromatic rings. The molecule has 1 aliphatic carbocycles. The third-order valence-corrected chi connectivity index (χ3v) is 6.87. The van der Waals surface area contributed by atoms with E-state index in [2.05, 4.69) is 42.3 Å². The molecule has 0 fully saturated rings. The molecule has 0 spiro atoms. The van der Waals surface area contributed by atoms with Gasteiger partial charge >= 0.3 is 5.97 Å². The van der Waals surface area contributed by atoms with Crippen molar-refractivity contribution in [2.75, 3.05) is 19.7 Å². The number of aromatic nitrogens is 2. The molecule has 0 radical (unpaired) electrons. The summed E-state index contributed by atoms with van der Waals surface area (Å²) in [5, 5.41) is 16.1. The van der Waals surface area contributed by atoms with E-state index in [0.717, 1.165) is 58.7 Å². The normalized spacial score (nSPS) is 15.0. The first kappa shape index (κ1) is 26.5. The van der Waals surface area contributed by atoms with Crippen LogP contribution in [0.4, 0.5) is 0 Å². The predicted molar refractivity (Wildman–Crippen MR) is 136 cm³/mol. The van der Waals surface area contributed by atoms with Gasteiger partial charge in [-0.15, -0.1) is 6.42 Å². The van der Waals surface area contributed by atoms with Gasteiger partial charge < -0.3 is 15.2 Å². The largest absolute Gasteiger partial charge is 0.493 e. The van der Waals surface area contributed by atoms with Crippen LogP contribution in [-0.2, 0) is 17.6 Å². The van der Waals surface area contributed by atoms with Crippen LogP contribution in [0.15, 0.2) is 12.1 Å². The molecule has 1 aromatic heterocycles. The molecule has 35 heavy (non-hydrogen) atoms. The minimum Gasteiger partial charge on any atom is -0.493 e. The maximum absolute atomic E-state index is 13.1. The lowest BCUT2D eigenvalue weighted by Crippen LogP contribution is -2.24. The first-order valence-electron chi connectivity index (χ1n) is 12.3. The van der Waals surface area contributed by atoms with Crippen LogP contribution in [-0.4, -0.2) is 46.5 Å². The maximum Gasteiger partial charge on any atom is 0.317 e. The maximum atomic E-state index is 13.1. The van der Waals surface area contributed by atoms with Gasteiger partial charge in [0.15, 0.2) is 0 Å². The topological polar surface area (TPSA) is 93.5 Å². The van der Waals surface area contributed by atoms with Crippen LogP contribution >= 0.6 is 0 Å². The van der Waals surface area contributed by atoms with Gasteiger partial charge in [0.1, 0.15) is 5.75 Å². The minimum atomic E-state index is -0.865. The van der Waals surface area contributed by atoms with Crippen LogP contribution in [0.2, 0.25) is 0 Å². The first-order valence-corrected chi connectivity index (χ1v) is 12.3. The van der Waals surface area contributed by atoms with E-state index < -0.39 is 5.97 Å². The Morgan fingerprint density at radius 1 is 1.29 bits per heavy atom. The van der Waals surface area contributed by atoms with Crippen molar-refractivity contribution in [3.8, 4) is 18.1 Å². The zero-order valence-electron chi connectivity index (χ0n) is 21.5. The highest BCUT2D eigenvalue weighted by Gasteiger charge is 2.39. The standard InChI is InChI=1S/C28H37N3O4/c1-7-28(5,6)22-10-11-23-26(22)20(4)30-31(23)24(32)12-9-21-15-18(2)27(19(3)16-21)35-14-8-13-29-17-25(33)34/h1,15-16,22,29H,8-14,17H2,2-6H3,(H,33,34). The van der Waals surface area contributed by atoms with E-state index in [1.807, 2.05) is 20.8 Å². The third-order valence-electron chi connectivity index (χ3n) is 6.87. The van der Waals surface area contributed by atoms with Crippen molar-refractivity contribution < 1.29 is 19.4 Å². The summed E-state index contributed by atoms with van der Waals surface area (Å²) < 4.78 is 7.56. The van der Waals surface area contributed by atoms with Gasteiger partial charge in [0, 0.05) is 23.3 Å². The summed E-state index contributed by atoms with van der Waals surface area (Å²) in [6, 6.07) is 4.14. The number of nitrogens with one attached hydrogen (secondary N) is 1. The number of carboxylic acid groups (broad SMARTS) is 1. The number of terminal acetylenes is 1. The average molecular weight is 480 g/mol. The summed E-state index contributed by atoms with van der Waals surface area (Å²) in [7, 11) is 0. The molecule has 0 saturated heterocycles. The lowest BCUT2D eigenvalue weighted by Gasteiger charge is -2.26. The van der Waals surface area contributed by atoms with Crippen LogP contribution in [0.3, 0.4) is 0 Å². The van der Waals surface area contributed by atoms with Crippen molar-refractivity contribution in [1.82, 2.24) is 15.1 Å². The molecule has 3 rings (SSSR count). The Bertz CT molecular complexity index is 1120. The molecule has 188 valence electrons. The van der Waals surface area contributed by atoms with E-state index in [-0.39, 0.29) is 23.8 Å². The lowest BCUT2D eigenvalue weighted by molar-refractivity contribution is -0.135. The van der Waals surface area contributed by atoms with Gasteiger partial charge in [0.2, 0.25) is 5.91 Å². The fourth-order valence-corrected chi connectivity index (χ4v) is 5.07. The molecular weight excluding hydrogens is 442 g/mol. The van der Waals surface area contributed by atoms with E-state index in [0.29, 0.717) is 26.0 Å². The van der Waals surface area contributed by atoms with Crippen molar-refractivity contribution >= 4 is 11.9 Å². The number of rotatable bonds is 11. The highest BCUT2D eigenvalue weighted by atomic mass is 16.5. The number of hydrogen-bond donors (Lipinski definition) is 2. The van der Waals surface area contributed by atoms with Gasteiger partial charge in [0.25, 0.3) is 0 Å². The molecule has 0 saturated carbocycles. The second-order valence-corrected chi connectivity index (χ2v) is 10.0. The molecule has 1 heterocycles. The molecule has 1 atom stereocenters. The Balaban J connectivity index is 1.60. The molecule has 2 N–H and O–H groups in total. The molecular formula is C28H37N3O4. The number of benzene rings is 1. The van der Waals surface area contributed by atoms with Crippen molar-refractivity contribution in [2.45, 2.75) is 72.6 Å². The highest BCUT2D eigenvalue weighted by Crippen LogP contribution is 2.46. The van der Waals surface area contributed by atoms with Crippen LogP contribution in [0.5, 0.6) is 5.75 Å². The molecule has 1 unspecified atom stereocenters. The number of carbonyl (C=O) groups excluding carboxylic acids is 1. The number of aryl methyl sites for hydroxylation is 4. The van der Waals surface area contributed by atoms with Crippen LogP contribution in [0.1, 0.15) is 77.5 Å². The summed E-state index contributed by atoms with van der Waals surface area (Å²) in [5.41, 5.74) is 5.98. The summed E-state index contributed by atoms with van der Waals surface area (Å²) >= 11 is 0. The fourth-order valence-electron chi connectivity index (χ4n) is 5.07. The fraction of sp³-hybridized carbons (Fsp3) is 0.536. The molecule has 0 amide bonds. The van der Waals surface area contributed by atoms with Crippen LogP contribution < -0.4 is 10.1 Å². The van der Waals surface area contributed by atoms with Gasteiger partial charge in [-0.3, -0.25) is 9.59 Å². The molecule has 0 bridgehead atoms. The Kier molecular flexibility index (Phi) is 8.39. The molecule has 1 aliphatic rings. The molecule has 7 nitrogen and oxygen atoms in total. The second kappa shape index (κ2) is 11.1. The van der Waals surface area contributed by atoms with E-state index >= 15 is 0 Å². The number of hydrogen-bond acceptors (Lipinski definition) is 5. The van der Waals surface area contributed by atoms with Crippen LogP contribution in [0, 0.1) is 38.5 Å². The Morgan fingerprint density at radius 3 is 2.60 bits per heavy atom. The van der Waals surface area contributed by atoms with Gasteiger partial charge in [0.05, 0.1) is 24.5 Å². The number of carbonyl (C=O) groups is 2. The monoisotopic (exact) mass is 479 g/mol. The Labute approximate surface area is 208 Å². The van der Waals surface area contributed by atoms with Gasteiger partial charge in [-0.2, -0.15) is 5.10 Å². The second-order valence-electron chi connectivity index (χ2n) is 10.0. The van der Waals surface area contributed by atoms with Crippen molar-refractivity contribution in [3.05, 3.63) is 45.8 Å². The van der Waals surface area contributed by atoms with E-state index in [1.165, 1.54) is 0 Å². The predicted octanol–water partition coefficient (Wildman–Crippen LogP) is 4.21. The molecule has 7 heteroatoms. The van der Waals surface area contributed by atoms with E-state index in [9.17, 15) is 9.59 Å². The van der Waals surface area contributed by atoms with E-state index in [4.69, 9.17) is 16.3 Å². The smallest absolute Gasteiger partial charge is 0.317 e. The number of nitrogens with zero attached hydrogens (tertiary/aromatic N) is 2. The van der Waals surface area contributed by atoms with Crippen molar-refractivity contribution in [1.29, 1.82) is 0 Å². The molecule has 1 aromatic carbocycles. The molecule has 0 aliphatic heterocycles. The quantitative estimate of drug-likeness (QED) is 0.370. The minimum absolute atomic E-state index is 0.0120. The zero-order chi connectivity index (χ0) is 25.8. The third kappa shape index (κ3) is 6.12. The van der Waals surface area contributed by atoms with Gasteiger partial charge in [-0.1, -0.05) is 18.1 Å².